The number of ether oxygens (including phenoxy) is 11. The molecule has 2 aliphatic rings. The van der Waals surface area contributed by atoms with Crippen molar-refractivity contribution in [3.63, 3.8) is 0 Å². The number of fused-ring (bicyclic) bond motifs is 4. The summed E-state index contributed by atoms with van der Waals surface area (Å²) in [5, 5.41) is 21.8. The molecule has 1 atom stereocenters. The van der Waals surface area contributed by atoms with Crippen LogP contribution in [0.5, 0.6) is 57.5 Å². The summed E-state index contributed by atoms with van der Waals surface area (Å²) in [4.78, 5) is 60.6. The van der Waals surface area contributed by atoms with Crippen LogP contribution in [0.1, 0.15) is 107 Å². The monoisotopic (exact) mass is 1340 g/mol. The molecule has 0 saturated heterocycles. The summed E-state index contributed by atoms with van der Waals surface area (Å²) in [5.74, 6) is -0.137. The topological polar surface area (TPSA) is 226 Å². The highest BCUT2D eigenvalue weighted by Crippen LogP contribution is 2.65. The second-order valence-corrected chi connectivity index (χ2v) is 25.1. The largest absolute Gasteiger partial charge is 0.514 e. The van der Waals surface area contributed by atoms with Crippen molar-refractivity contribution in [1.29, 1.82) is 10.5 Å². The number of hydrogen-bond donors (Lipinski definition) is 0. The van der Waals surface area contributed by atoms with Crippen molar-refractivity contribution in [2.75, 3.05) is 0 Å². The molecule has 0 fully saturated rings. The molecule has 1 spiro atoms. The minimum Gasteiger partial charge on any atom is -0.464 e. The molecule has 0 saturated carbocycles. The number of nitriles is 2. The summed E-state index contributed by atoms with van der Waals surface area (Å²) in [6.07, 6.45) is -3.20. The first-order valence-electron chi connectivity index (χ1n) is 32.0. The predicted molar refractivity (Wildman–Crippen MR) is 369 cm³/mol. The molecule has 2 aliphatic carbocycles. The molecule has 0 aliphatic heterocycles. The van der Waals surface area contributed by atoms with Crippen molar-refractivity contribution in [1.82, 2.24) is 0 Å². The minimum atomic E-state index is -1.07. The van der Waals surface area contributed by atoms with E-state index in [4.69, 9.17) is 65.2 Å². The molecule has 19 heteroatoms. The van der Waals surface area contributed by atoms with Gasteiger partial charge in [0.05, 0.1) is 18.7 Å². The third-order valence-electron chi connectivity index (χ3n) is 17.3. The smallest absolute Gasteiger partial charge is 0.464 e. The quantitative estimate of drug-likeness (QED) is 0.0299. The molecule has 0 bridgehead atoms. The van der Waals surface area contributed by atoms with Crippen molar-refractivity contribution >= 4 is 36.0 Å². The van der Waals surface area contributed by atoms with E-state index in [1.165, 1.54) is 36.4 Å². The number of rotatable bonds is 20. The maximum atomic E-state index is 13.3. The first kappa shape index (κ1) is 67.6. The normalized spacial score (nSPS) is 14.0. The van der Waals surface area contributed by atoms with Gasteiger partial charge < -0.3 is 52.1 Å². The first-order valence-corrected chi connectivity index (χ1v) is 32.0. The number of hydrogen-bond acceptors (Lipinski definition) is 17. The highest BCUT2D eigenvalue weighted by molar-refractivity contribution is 5.77. The molecule has 19 nitrogen and oxygen atoms in total. The molecule has 1 unspecified atom stereocenters. The van der Waals surface area contributed by atoms with Gasteiger partial charge in [-0.2, -0.15) is 10.5 Å². The number of carbonyl (C=O) groups is 4. The average molecular weight is 1340 g/mol. The van der Waals surface area contributed by atoms with Gasteiger partial charge in [0.25, 0.3) is 11.4 Å². The van der Waals surface area contributed by atoms with Crippen LogP contribution in [0, 0.1) is 35.8 Å². The van der Waals surface area contributed by atoms with Gasteiger partial charge in [-0.15, -0.1) is 0 Å². The summed E-state index contributed by atoms with van der Waals surface area (Å²) in [6, 6.07) is 66.7. The van der Waals surface area contributed by atoms with Crippen LogP contribution < -0.4 is 33.2 Å². The van der Waals surface area contributed by atoms with Crippen molar-refractivity contribution in [2.45, 2.75) is 89.6 Å². The Hall–Kier alpha value is -13.4. The van der Waals surface area contributed by atoms with Gasteiger partial charge >= 0.3 is 24.6 Å². The van der Waals surface area contributed by atoms with E-state index in [0.717, 1.165) is 27.8 Å². The number of nitrogens with zero attached hydrogens (tertiary/aromatic N) is 4. The van der Waals surface area contributed by atoms with Crippen LogP contribution in [0.15, 0.2) is 218 Å². The molecule has 0 heterocycles. The van der Waals surface area contributed by atoms with Gasteiger partial charge in [-0.25, -0.2) is 28.9 Å². The third kappa shape index (κ3) is 15.1. The molecular weight excluding hydrogens is 1280 g/mol. The maximum absolute atomic E-state index is 13.3. The van der Waals surface area contributed by atoms with Crippen molar-refractivity contribution < 1.29 is 71.3 Å². The predicted octanol–water partition coefficient (Wildman–Crippen LogP) is 20.0. The number of carbonyl (C=O) groups excluding carboxylic acids is 4. The van der Waals surface area contributed by atoms with Gasteiger partial charge in [0.2, 0.25) is 0 Å². The van der Waals surface area contributed by atoms with Gasteiger partial charge in [-0.3, -0.25) is 0 Å². The fourth-order valence-electron chi connectivity index (χ4n) is 13.0. The van der Waals surface area contributed by atoms with Gasteiger partial charge in [-0.05, 0) is 140 Å². The lowest BCUT2D eigenvalue weighted by molar-refractivity contribution is 0.0916. The molecule has 0 aromatic heterocycles. The lowest BCUT2D eigenvalue weighted by Gasteiger charge is -2.31. The molecule has 0 radical (unpaired) electrons. The van der Waals surface area contributed by atoms with Crippen LogP contribution >= 0.6 is 0 Å². The Morgan fingerprint density at radius 2 is 0.693 bits per heavy atom. The van der Waals surface area contributed by atoms with Crippen LogP contribution in [0.25, 0.3) is 9.69 Å². The average Bonchev–Trinajstić information content (AvgIpc) is 1.52. The van der Waals surface area contributed by atoms with E-state index in [-0.39, 0.29) is 113 Å². The van der Waals surface area contributed by atoms with Crippen molar-refractivity contribution in [3.05, 3.63) is 308 Å². The Balaban J connectivity index is 0.967. The van der Waals surface area contributed by atoms with Gasteiger partial charge in [0, 0.05) is 11.8 Å². The van der Waals surface area contributed by atoms with E-state index in [9.17, 15) is 29.7 Å². The summed E-state index contributed by atoms with van der Waals surface area (Å²) in [6.45, 7) is 24.9. The molecule has 0 N–H and O–H groups in total. The summed E-state index contributed by atoms with van der Waals surface area (Å²) >= 11 is 0. The van der Waals surface area contributed by atoms with Crippen LogP contribution in [0.4, 0.5) is 30.6 Å². The summed E-state index contributed by atoms with van der Waals surface area (Å²) < 4.78 is 65.2. The Morgan fingerprint density at radius 3 is 1.10 bits per heavy atom. The molecule has 12 rings (SSSR count). The maximum Gasteiger partial charge on any atom is 0.514 e. The van der Waals surface area contributed by atoms with Crippen molar-refractivity contribution in [3.8, 4) is 69.6 Å². The molecular formula is C82H62N4O15. The van der Waals surface area contributed by atoms with Crippen molar-refractivity contribution in [2.24, 2.45) is 0 Å². The van der Waals surface area contributed by atoms with E-state index in [1.807, 2.05) is 60.7 Å². The fourth-order valence-corrected chi connectivity index (χ4v) is 13.0. The van der Waals surface area contributed by atoms with Gasteiger partial charge in [0.15, 0.2) is 23.0 Å². The first-order chi connectivity index (χ1) is 48.9. The highest BCUT2D eigenvalue weighted by Gasteiger charge is 2.57. The van der Waals surface area contributed by atoms with E-state index >= 15 is 0 Å². The zero-order chi connectivity index (χ0) is 70.7. The molecule has 10 aromatic carbocycles. The standard InChI is InChI=1S/C82H62N4O15/c1-80(2)50-82(62-42-71(95-65-33-20-34-66(59(65)45-84)99-77(88)92-47-53-25-13-8-14-26-53)57(40-60(62)80)39-56-31-19-32-64(58(56)44-83)98-76(87)91-46-52-23-11-7-12-24-52)51-81(3,4)61-41-72(96-67-35-21-37-69(74(67)85-5)100-78(89)93-48-54-27-15-9-16-28-54)73(43-63(61)82)97-68-36-22-38-70(75(68)86-6)101-79(90)94-49-55-29-17-10-18-30-55/h7-38,40-43H,39,46-51H2,1-4H3. The summed E-state index contributed by atoms with van der Waals surface area (Å²) in [5.41, 5.74) is 4.58. The Morgan fingerprint density at radius 1 is 0.366 bits per heavy atom. The zero-order valence-corrected chi connectivity index (χ0v) is 55.1. The van der Waals surface area contributed by atoms with E-state index in [0.29, 0.717) is 40.7 Å². The zero-order valence-electron chi connectivity index (χ0n) is 55.1. The Labute approximate surface area is 582 Å². The van der Waals surface area contributed by atoms with Gasteiger partial charge in [0.1, 0.15) is 78.6 Å². The molecule has 0 amide bonds. The minimum absolute atomic E-state index is 0.0142. The Kier molecular flexibility index (Phi) is 19.8. The second kappa shape index (κ2) is 29.6. The van der Waals surface area contributed by atoms with E-state index in [1.54, 1.807) is 121 Å². The molecule has 500 valence electrons. The lowest BCUT2D eigenvalue weighted by atomic mass is 9.72. The SMILES string of the molecule is [C-]#[N+]c1c(OC(=O)OCc2ccccc2)cccc1Oc1cc2c(cc1Oc1cccc(OC(=O)OCc3ccccc3)c1[N+]#[C-])C1(CC(C)(C)c3cc(Cc4cccc(OC(=O)OCc5ccccc5)c4C#N)c(Oc4cccc(OC(=O)OCc5ccccc5)c4C#N)cc31)CC2(C)C. The second-order valence-electron chi connectivity index (χ2n) is 25.1. The van der Waals surface area contributed by atoms with Crippen LogP contribution in [-0.2, 0) is 68.0 Å². The van der Waals surface area contributed by atoms with E-state index < -0.39 is 40.9 Å². The number of benzene rings is 10. The Bertz CT molecular complexity index is 4680. The lowest BCUT2D eigenvalue weighted by Crippen LogP contribution is -2.27. The summed E-state index contributed by atoms with van der Waals surface area (Å²) in [7, 11) is 0. The fraction of sp³-hybridized carbons (Fsp3) is 0.171. The third-order valence-corrected chi connectivity index (χ3v) is 17.3. The number of para-hydroxylation sites is 2. The van der Waals surface area contributed by atoms with Crippen LogP contribution in [0.3, 0.4) is 0 Å². The molecule has 10 aromatic rings. The van der Waals surface area contributed by atoms with Crippen LogP contribution in [0.2, 0.25) is 0 Å². The van der Waals surface area contributed by atoms with Crippen LogP contribution in [-0.4, -0.2) is 24.6 Å². The highest BCUT2D eigenvalue weighted by atomic mass is 16.7. The molecule has 101 heavy (non-hydrogen) atoms. The van der Waals surface area contributed by atoms with E-state index in [2.05, 4.69) is 49.5 Å². The van der Waals surface area contributed by atoms with Gasteiger partial charge in [-0.1, -0.05) is 185 Å².